The summed E-state index contributed by atoms with van der Waals surface area (Å²) in [7, 11) is 1.64. The molecule has 1 N–H and O–H groups in total. The number of amides is 2. The number of carbonyl (C=O) groups excluding carboxylic acids is 2. The van der Waals surface area contributed by atoms with Gasteiger partial charge in [0.2, 0.25) is 11.8 Å². The highest BCUT2D eigenvalue weighted by molar-refractivity contribution is 6.00. The molecule has 21 heavy (non-hydrogen) atoms. The Kier molecular flexibility index (Phi) is 4.91. The smallest absolute Gasteiger partial charge is 0.249 e. The van der Waals surface area contributed by atoms with Crippen molar-refractivity contribution >= 4 is 11.8 Å². The van der Waals surface area contributed by atoms with E-state index in [9.17, 15) is 9.59 Å². The molecule has 1 saturated heterocycles. The number of methoxy groups -OCH3 is 1. The van der Waals surface area contributed by atoms with Crippen LogP contribution in [0.4, 0.5) is 0 Å². The number of nitrogens with one attached hydrogen (secondary N) is 1. The molecular weight excluding hydrogens is 268 g/mol. The Labute approximate surface area is 127 Å². The average molecular weight is 296 g/mol. The lowest BCUT2D eigenvalue weighted by Gasteiger charge is -2.46. The highest BCUT2D eigenvalue weighted by atomic mass is 16.5. The molecule has 3 unspecified atom stereocenters. The van der Waals surface area contributed by atoms with Crippen molar-refractivity contribution in [2.75, 3.05) is 13.7 Å². The van der Waals surface area contributed by atoms with Crippen LogP contribution in [0.5, 0.6) is 0 Å². The standard InChI is InChI=1S/C16H28N2O3/c1-5-11(2)13-14(19)17-16(8-6-7-9-16)15(20)18(13)10-12(3)21-4/h11-13H,5-10H2,1-4H3,(H,17,19). The van der Waals surface area contributed by atoms with Crippen molar-refractivity contribution in [3.05, 3.63) is 0 Å². The van der Waals surface area contributed by atoms with Crippen LogP contribution >= 0.6 is 0 Å². The van der Waals surface area contributed by atoms with Gasteiger partial charge in [-0.1, -0.05) is 33.1 Å². The van der Waals surface area contributed by atoms with Crippen LogP contribution in [0.15, 0.2) is 0 Å². The Morgan fingerprint density at radius 2 is 1.95 bits per heavy atom. The van der Waals surface area contributed by atoms with E-state index < -0.39 is 5.54 Å². The first kappa shape index (κ1) is 16.3. The minimum atomic E-state index is -0.644. The van der Waals surface area contributed by atoms with E-state index in [2.05, 4.69) is 12.2 Å². The molecule has 1 spiro atoms. The minimum Gasteiger partial charge on any atom is -0.380 e. The first-order chi connectivity index (χ1) is 9.95. The molecule has 5 heteroatoms. The van der Waals surface area contributed by atoms with E-state index in [4.69, 9.17) is 4.74 Å². The number of hydrogen-bond donors (Lipinski definition) is 1. The van der Waals surface area contributed by atoms with Crippen molar-refractivity contribution in [2.45, 2.75) is 70.6 Å². The maximum atomic E-state index is 13.0. The molecule has 1 aliphatic carbocycles. The molecule has 2 rings (SSSR count). The Balaban J connectivity index is 2.29. The van der Waals surface area contributed by atoms with Crippen LogP contribution in [0.2, 0.25) is 0 Å². The second-order valence-corrected chi connectivity index (χ2v) is 6.61. The number of carbonyl (C=O) groups is 2. The molecule has 5 nitrogen and oxygen atoms in total. The number of nitrogens with zero attached hydrogens (tertiary/aromatic N) is 1. The van der Waals surface area contributed by atoms with Crippen molar-refractivity contribution in [1.82, 2.24) is 10.2 Å². The van der Waals surface area contributed by atoms with Gasteiger partial charge in [-0.3, -0.25) is 9.59 Å². The average Bonchev–Trinajstić information content (AvgIpc) is 2.93. The highest BCUT2D eigenvalue weighted by Crippen LogP contribution is 2.36. The number of hydrogen-bond acceptors (Lipinski definition) is 3. The van der Waals surface area contributed by atoms with Crippen molar-refractivity contribution in [3.8, 4) is 0 Å². The van der Waals surface area contributed by atoms with Gasteiger partial charge in [0.25, 0.3) is 0 Å². The van der Waals surface area contributed by atoms with Crippen LogP contribution in [-0.4, -0.2) is 48.1 Å². The summed E-state index contributed by atoms with van der Waals surface area (Å²) in [6, 6.07) is -0.369. The topological polar surface area (TPSA) is 58.6 Å². The Morgan fingerprint density at radius 1 is 1.33 bits per heavy atom. The maximum absolute atomic E-state index is 13.0. The molecule has 2 aliphatic rings. The van der Waals surface area contributed by atoms with E-state index in [0.717, 1.165) is 32.1 Å². The van der Waals surface area contributed by atoms with Crippen molar-refractivity contribution < 1.29 is 14.3 Å². The van der Waals surface area contributed by atoms with E-state index in [-0.39, 0.29) is 29.9 Å². The van der Waals surface area contributed by atoms with Crippen molar-refractivity contribution in [2.24, 2.45) is 5.92 Å². The van der Waals surface area contributed by atoms with E-state index in [1.165, 1.54) is 0 Å². The van der Waals surface area contributed by atoms with Crippen LogP contribution in [0.1, 0.15) is 52.9 Å². The van der Waals surface area contributed by atoms with Crippen molar-refractivity contribution in [3.63, 3.8) is 0 Å². The highest BCUT2D eigenvalue weighted by Gasteiger charge is 2.53. The molecule has 3 atom stereocenters. The van der Waals surface area contributed by atoms with Crippen molar-refractivity contribution in [1.29, 1.82) is 0 Å². The fourth-order valence-electron chi connectivity index (χ4n) is 3.56. The van der Waals surface area contributed by atoms with E-state index in [1.54, 1.807) is 12.0 Å². The lowest BCUT2D eigenvalue weighted by atomic mass is 9.86. The van der Waals surface area contributed by atoms with Gasteiger partial charge < -0.3 is 15.0 Å². The second kappa shape index (κ2) is 6.34. The van der Waals surface area contributed by atoms with Crippen LogP contribution in [0, 0.1) is 5.92 Å². The normalized spacial score (nSPS) is 27.8. The molecule has 2 amide bonds. The van der Waals surface area contributed by atoms with E-state index >= 15 is 0 Å². The summed E-state index contributed by atoms with van der Waals surface area (Å²) in [5, 5.41) is 3.06. The van der Waals surface area contributed by atoms with Crippen LogP contribution in [0.3, 0.4) is 0 Å². The summed E-state index contributed by atoms with van der Waals surface area (Å²) in [5.74, 6) is 0.250. The number of piperazine rings is 1. The summed E-state index contributed by atoms with van der Waals surface area (Å²) < 4.78 is 5.32. The fraction of sp³-hybridized carbons (Fsp3) is 0.875. The molecule has 1 heterocycles. The SMILES string of the molecule is CCC(C)C1C(=O)NC2(CCCC2)C(=O)N1CC(C)OC. The summed E-state index contributed by atoms with van der Waals surface area (Å²) in [6.07, 6.45) is 4.35. The third-order valence-corrected chi connectivity index (χ3v) is 5.13. The third-order valence-electron chi connectivity index (χ3n) is 5.13. The van der Waals surface area contributed by atoms with Gasteiger partial charge in [0.15, 0.2) is 0 Å². The minimum absolute atomic E-state index is 0.00848. The van der Waals surface area contributed by atoms with Gasteiger partial charge in [0.1, 0.15) is 11.6 Å². The zero-order valence-electron chi connectivity index (χ0n) is 13.6. The summed E-state index contributed by atoms with van der Waals surface area (Å²) in [4.78, 5) is 27.5. The fourth-order valence-corrected chi connectivity index (χ4v) is 3.56. The first-order valence-corrected chi connectivity index (χ1v) is 8.11. The molecular formula is C16H28N2O3. The number of ether oxygens (including phenoxy) is 1. The van der Waals surface area contributed by atoms with Crippen LogP contribution < -0.4 is 5.32 Å². The predicted molar refractivity (Wildman–Crippen MR) is 80.8 cm³/mol. The second-order valence-electron chi connectivity index (χ2n) is 6.61. The van der Waals surface area contributed by atoms with Gasteiger partial charge in [0, 0.05) is 13.7 Å². The summed E-state index contributed by atoms with van der Waals surface area (Å²) in [6.45, 7) is 6.52. The molecule has 0 bridgehead atoms. The Morgan fingerprint density at radius 3 is 2.48 bits per heavy atom. The maximum Gasteiger partial charge on any atom is 0.249 e. The summed E-state index contributed by atoms with van der Waals surface area (Å²) >= 11 is 0. The zero-order valence-corrected chi connectivity index (χ0v) is 13.6. The monoisotopic (exact) mass is 296 g/mol. The molecule has 1 aliphatic heterocycles. The molecule has 0 radical (unpaired) electrons. The van der Waals surface area contributed by atoms with Gasteiger partial charge in [-0.25, -0.2) is 0 Å². The molecule has 0 aromatic rings. The third kappa shape index (κ3) is 2.93. The molecule has 2 fully saturated rings. The molecule has 0 aromatic carbocycles. The summed E-state index contributed by atoms with van der Waals surface area (Å²) in [5.41, 5.74) is -0.644. The molecule has 0 aromatic heterocycles. The largest absolute Gasteiger partial charge is 0.380 e. The lowest BCUT2D eigenvalue weighted by molar-refractivity contribution is -0.158. The Hall–Kier alpha value is -1.10. The zero-order chi connectivity index (χ0) is 15.6. The van der Waals surface area contributed by atoms with Gasteiger partial charge >= 0.3 is 0 Å². The van der Waals surface area contributed by atoms with Crippen LogP contribution in [-0.2, 0) is 14.3 Å². The lowest BCUT2D eigenvalue weighted by Crippen LogP contribution is -2.71. The van der Waals surface area contributed by atoms with E-state index in [0.29, 0.717) is 6.54 Å². The van der Waals surface area contributed by atoms with E-state index in [1.807, 2.05) is 13.8 Å². The van der Waals surface area contributed by atoms with Gasteiger partial charge in [-0.05, 0) is 25.7 Å². The first-order valence-electron chi connectivity index (χ1n) is 8.11. The van der Waals surface area contributed by atoms with Gasteiger partial charge in [0.05, 0.1) is 6.10 Å². The molecule has 120 valence electrons. The Bertz CT molecular complexity index is 404. The number of rotatable bonds is 5. The van der Waals surface area contributed by atoms with Crippen LogP contribution in [0.25, 0.3) is 0 Å². The molecule has 1 saturated carbocycles. The van der Waals surface area contributed by atoms with Gasteiger partial charge in [-0.15, -0.1) is 0 Å². The van der Waals surface area contributed by atoms with Gasteiger partial charge in [-0.2, -0.15) is 0 Å². The quantitative estimate of drug-likeness (QED) is 0.840. The predicted octanol–water partition coefficient (Wildman–Crippen LogP) is 1.71.